The monoisotopic (exact) mass is 209 g/mol. The van der Waals surface area contributed by atoms with Gasteiger partial charge in [0.15, 0.2) is 0 Å². The highest BCUT2D eigenvalue weighted by atomic mass is 15.4. The Morgan fingerprint density at radius 3 is 2.33 bits per heavy atom. The molecule has 86 valence electrons. The molecule has 0 amide bonds. The highest BCUT2D eigenvalue weighted by Gasteiger charge is 2.42. The van der Waals surface area contributed by atoms with Crippen LogP contribution in [0.4, 0.5) is 0 Å². The molecular formula is C13H25N2+. The van der Waals surface area contributed by atoms with Crippen LogP contribution >= 0.6 is 0 Å². The molecular weight excluding hydrogens is 184 g/mol. The molecule has 0 radical (unpaired) electrons. The van der Waals surface area contributed by atoms with Crippen molar-refractivity contribution in [3.8, 4) is 6.07 Å². The predicted molar refractivity (Wildman–Crippen MR) is 63.2 cm³/mol. The Balaban J connectivity index is 2.79. The summed E-state index contributed by atoms with van der Waals surface area (Å²) in [5, 5.41) is 9.02. The van der Waals surface area contributed by atoms with Crippen LogP contribution in [0, 0.1) is 22.7 Å². The molecule has 0 saturated carbocycles. The van der Waals surface area contributed by atoms with E-state index in [9.17, 15) is 0 Å². The molecule has 2 unspecified atom stereocenters. The van der Waals surface area contributed by atoms with E-state index in [-0.39, 0.29) is 5.92 Å². The minimum Gasteiger partial charge on any atom is -0.320 e. The largest absolute Gasteiger partial charge is 0.320 e. The van der Waals surface area contributed by atoms with Gasteiger partial charge in [0.1, 0.15) is 5.92 Å². The Labute approximate surface area is 94.5 Å². The molecule has 0 bridgehead atoms. The van der Waals surface area contributed by atoms with Crippen LogP contribution in [0.5, 0.6) is 0 Å². The smallest absolute Gasteiger partial charge is 0.101 e. The molecule has 1 aliphatic heterocycles. The highest BCUT2D eigenvalue weighted by molar-refractivity contribution is 4.87. The van der Waals surface area contributed by atoms with Gasteiger partial charge in [0, 0.05) is 11.8 Å². The number of hydrogen-bond donors (Lipinski definition) is 0. The maximum Gasteiger partial charge on any atom is 0.101 e. The summed E-state index contributed by atoms with van der Waals surface area (Å²) in [6, 6.07) is 3.08. The molecule has 0 aromatic carbocycles. The van der Waals surface area contributed by atoms with Gasteiger partial charge in [-0.05, 0) is 13.8 Å². The number of rotatable bonds is 2. The molecule has 0 aromatic rings. The third kappa shape index (κ3) is 2.95. The lowest BCUT2D eigenvalue weighted by Gasteiger charge is -2.42. The van der Waals surface area contributed by atoms with E-state index < -0.39 is 0 Å². The molecule has 15 heavy (non-hydrogen) atoms. The third-order valence-corrected chi connectivity index (χ3v) is 3.57. The Kier molecular flexibility index (Phi) is 3.45. The second kappa shape index (κ2) is 4.14. The zero-order valence-electron chi connectivity index (χ0n) is 10.9. The zero-order chi connectivity index (χ0) is 11.7. The standard InChI is InChI=1S/C13H25N2/c1-11(2)15(10-13(3,4)5)7-6-12(8-14)9-15/h11-12H,6-7,9-10H2,1-5H3/q+1. The topological polar surface area (TPSA) is 23.8 Å². The summed E-state index contributed by atoms with van der Waals surface area (Å²) in [5.74, 6) is 0.287. The molecule has 1 fully saturated rings. The Hall–Kier alpha value is -0.550. The second-order valence-electron chi connectivity index (χ2n) is 6.55. The lowest BCUT2D eigenvalue weighted by Crippen LogP contribution is -2.55. The average molecular weight is 209 g/mol. The third-order valence-electron chi connectivity index (χ3n) is 3.57. The molecule has 2 nitrogen and oxygen atoms in total. The number of nitriles is 1. The van der Waals surface area contributed by atoms with Crippen molar-refractivity contribution in [1.29, 1.82) is 5.26 Å². The Bertz CT molecular complexity index is 257. The Morgan fingerprint density at radius 2 is 2.00 bits per heavy atom. The normalized spacial score (nSPS) is 31.9. The first-order valence-corrected chi connectivity index (χ1v) is 6.04. The number of hydrogen-bond acceptors (Lipinski definition) is 1. The summed E-state index contributed by atoms with van der Waals surface area (Å²) < 4.78 is 1.14. The van der Waals surface area contributed by atoms with Crippen molar-refractivity contribution in [2.45, 2.75) is 47.1 Å². The Morgan fingerprint density at radius 1 is 1.40 bits per heavy atom. The second-order valence-corrected chi connectivity index (χ2v) is 6.55. The molecule has 1 heterocycles. The van der Waals surface area contributed by atoms with Gasteiger partial charge in [-0.15, -0.1) is 0 Å². The first-order valence-electron chi connectivity index (χ1n) is 6.04. The molecule has 0 spiro atoms. The lowest BCUT2D eigenvalue weighted by molar-refractivity contribution is -0.943. The van der Waals surface area contributed by atoms with Crippen molar-refractivity contribution < 1.29 is 4.48 Å². The van der Waals surface area contributed by atoms with Gasteiger partial charge in [0.2, 0.25) is 0 Å². The summed E-state index contributed by atoms with van der Waals surface area (Å²) in [5.41, 5.74) is 0.356. The van der Waals surface area contributed by atoms with Crippen LogP contribution in [-0.4, -0.2) is 30.2 Å². The molecule has 2 atom stereocenters. The quantitative estimate of drug-likeness (QED) is 0.642. The fourth-order valence-electron chi connectivity index (χ4n) is 2.88. The van der Waals surface area contributed by atoms with Crippen molar-refractivity contribution >= 4 is 0 Å². The van der Waals surface area contributed by atoms with E-state index in [0.29, 0.717) is 11.5 Å². The van der Waals surface area contributed by atoms with Gasteiger partial charge in [-0.3, -0.25) is 0 Å². The fourth-order valence-corrected chi connectivity index (χ4v) is 2.88. The van der Waals surface area contributed by atoms with Crippen LogP contribution in [-0.2, 0) is 0 Å². The van der Waals surface area contributed by atoms with Crippen molar-refractivity contribution in [2.24, 2.45) is 11.3 Å². The first kappa shape index (κ1) is 12.5. The van der Waals surface area contributed by atoms with Crippen LogP contribution in [0.3, 0.4) is 0 Å². The van der Waals surface area contributed by atoms with E-state index in [1.54, 1.807) is 0 Å². The molecule has 0 N–H and O–H groups in total. The average Bonchev–Trinajstić information content (AvgIpc) is 2.46. The summed E-state index contributed by atoms with van der Waals surface area (Å²) in [6.45, 7) is 14.9. The van der Waals surface area contributed by atoms with E-state index in [1.807, 2.05) is 0 Å². The molecule has 2 heteroatoms. The van der Waals surface area contributed by atoms with Crippen LogP contribution < -0.4 is 0 Å². The predicted octanol–water partition coefficient (Wildman–Crippen LogP) is 2.80. The van der Waals surface area contributed by atoms with Crippen molar-refractivity contribution in [3.63, 3.8) is 0 Å². The van der Waals surface area contributed by atoms with Crippen LogP contribution in [0.1, 0.15) is 41.0 Å². The number of likely N-dealkylation sites (tertiary alicyclic amines) is 1. The van der Waals surface area contributed by atoms with Gasteiger partial charge in [0.05, 0.1) is 31.7 Å². The van der Waals surface area contributed by atoms with Gasteiger partial charge >= 0.3 is 0 Å². The van der Waals surface area contributed by atoms with Gasteiger partial charge in [-0.1, -0.05) is 20.8 Å². The SMILES string of the molecule is CC(C)[N+]1(CC(C)(C)C)CCC(C#N)C1. The summed E-state index contributed by atoms with van der Waals surface area (Å²) in [4.78, 5) is 0. The van der Waals surface area contributed by atoms with Crippen molar-refractivity contribution in [3.05, 3.63) is 0 Å². The summed E-state index contributed by atoms with van der Waals surface area (Å²) >= 11 is 0. The van der Waals surface area contributed by atoms with E-state index in [2.05, 4.69) is 40.7 Å². The van der Waals surface area contributed by atoms with Gasteiger partial charge < -0.3 is 4.48 Å². The van der Waals surface area contributed by atoms with Gasteiger partial charge in [0.25, 0.3) is 0 Å². The summed E-state index contributed by atoms with van der Waals surface area (Å²) in [6.07, 6.45) is 1.09. The number of nitrogens with zero attached hydrogens (tertiary/aromatic N) is 2. The molecule has 0 aliphatic carbocycles. The van der Waals surface area contributed by atoms with Crippen molar-refractivity contribution in [1.82, 2.24) is 0 Å². The first-order chi connectivity index (χ1) is 6.79. The summed E-state index contributed by atoms with van der Waals surface area (Å²) in [7, 11) is 0. The molecule has 1 saturated heterocycles. The van der Waals surface area contributed by atoms with E-state index in [4.69, 9.17) is 5.26 Å². The molecule has 0 aromatic heterocycles. The van der Waals surface area contributed by atoms with E-state index in [1.165, 1.54) is 13.1 Å². The molecule has 1 rings (SSSR count). The van der Waals surface area contributed by atoms with Crippen LogP contribution in [0.25, 0.3) is 0 Å². The maximum atomic E-state index is 9.02. The highest BCUT2D eigenvalue weighted by Crippen LogP contribution is 2.32. The van der Waals surface area contributed by atoms with E-state index in [0.717, 1.165) is 17.4 Å². The minimum atomic E-state index is 0.287. The minimum absolute atomic E-state index is 0.287. The molecule has 1 aliphatic rings. The van der Waals surface area contributed by atoms with Crippen LogP contribution in [0.15, 0.2) is 0 Å². The maximum absolute atomic E-state index is 9.02. The van der Waals surface area contributed by atoms with Gasteiger partial charge in [-0.25, -0.2) is 0 Å². The lowest BCUT2D eigenvalue weighted by atomic mass is 9.93. The zero-order valence-corrected chi connectivity index (χ0v) is 10.9. The fraction of sp³-hybridized carbons (Fsp3) is 0.923. The van der Waals surface area contributed by atoms with E-state index >= 15 is 0 Å². The van der Waals surface area contributed by atoms with Gasteiger partial charge in [-0.2, -0.15) is 5.26 Å². The number of quaternary nitrogens is 1. The van der Waals surface area contributed by atoms with Crippen LogP contribution in [0.2, 0.25) is 0 Å². The van der Waals surface area contributed by atoms with Crippen molar-refractivity contribution in [2.75, 3.05) is 19.6 Å².